The fraction of sp³-hybridized carbons (Fsp3) is 0.303. The molecule has 0 saturated heterocycles. The Morgan fingerprint density at radius 3 is 2.41 bits per heavy atom. The lowest BCUT2D eigenvalue weighted by Crippen LogP contribution is -2.27. The van der Waals surface area contributed by atoms with Crippen LogP contribution in [0, 0.1) is 13.8 Å². The van der Waals surface area contributed by atoms with Crippen molar-refractivity contribution in [2.75, 3.05) is 31.5 Å². The number of nitrogens with one attached hydrogen (secondary N) is 1. The van der Waals surface area contributed by atoms with Crippen LogP contribution in [0.3, 0.4) is 0 Å². The van der Waals surface area contributed by atoms with Crippen LogP contribution in [0.2, 0.25) is 0 Å². The summed E-state index contributed by atoms with van der Waals surface area (Å²) in [5, 5.41) is 6.72. The first-order chi connectivity index (χ1) is 20.9. The van der Waals surface area contributed by atoms with Crippen molar-refractivity contribution in [1.29, 1.82) is 0 Å². The Morgan fingerprint density at radius 1 is 1.07 bits per heavy atom. The highest BCUT2D eigenvalue weighted by atomic mass is 16.6. The summed E-state index contributed by atoms with van der Waals surface area (Å²) in [6, 6.07) is 10.9. The van der Waals surface area contributed by atoms with Crippen molar-refractivity contribution >= 4 is 35.5 Å². The number of aryl methyl sites for hydroxylation is 2. The van der Waals surface area contributed by atoms with E-state index in [9.17, 15) is 9.59 Å². The summed E-state index contributed by atoms with van der Waals surface area (Å²) >= 11 is 0. The largest absolute Gasteiger partial charge is 0.496 e. The normalized spacial score (nSPS) is 11.6. The number of methoxy groups -OCH3 is 2. The Kier molecular flexibility index (Phi) is 9.67. The topological polar surface area (TPSA) is 129 Å². The lowest BCUT2D eigenvalue weighted by atomic mass is 9.96. The molecule has 3 aromatic heterocycles. The van der Waals surface area contributed by atoms with Gasteiger partial charge in [0, 0.05) is 47.9 Å². The number of carbonyl (C=O) groups is 2. The molecule has 0 unspecified atom stereocenters. The molecule has 0 aliphatic rings. The van der Waals surface area contributed by atoms with E-state index in [4.69, 9.17) is 18.7 Å². The molecule has 0 bridgehead atoms. The van der Waals surface area contributed by atoms with Crippen LogP contribution < -0.4 is 19.7 Å². The van der Waals surface area contributed by atoms with Crippen LogP contribution in [-0.4, -0.2) is 54.4 Å². The molecule has 0 fully saturated rings. The molecule has 0 atom stereocenters. The van der Waals surface area contributed by atoms with Gasteiger partial charge in [0.05, 0.1) is 32.0 Å². The number of amides is 1. The van der Waals surface area contributed by atoms with Gasteiger partial charge in [0.1, 0.15) is 34.4 Å². The Labute approximate surface area is 256 Å². The Balaban J connectivity index is 1.79. The molecule has 1 amide bonds. The molecule has 4 aromatic rings. The van der Waals surface area contributed by atoms with Gasteiger partial charge in [-0.2, -0.15) is 0 Å². The van der Waals surface area contributed by atoms with Gasteiger partial charge in [-0.3, -0.25) is 15.1 Å². The molecule has 0 spiro atoms. The first-order valence-electron chi connectivity index (χ1n) is 13.9. The quantitative estimate of drug-likeness (QED) is 0.160. The third-order valence-electron chi connectivity index (χ3n) is 6.68. The maximum atomic E-state index is 12.5. The highest BCUT2D eigenvalue weighted by Gasteiger charge is 2.21. The fourth-order valence-electron chi connectivity index (χ4n) is 4.70. The number of aldehydes is 1. The summed E-state index contributed by atoms with van der Waals surface area (Å²) < 4.78 is 22.1. The molecule has 230 valence electrons. The van der Waals surface area contributed by atoms with E-state index in [1.807, 2.05) is 50.1 Å². The van der Waals surface area contributed by atoms with Crippen molar-refractivity contribution in [3.63, 3.8) is 0 Å². The number of benzene rings is 1. The average Bonchev–Trinajstić information content (AvgIpc) is 3.32. The molecular formula is C33H37N5O6. The molecular weight excluding hydrogens is 562 g/mol. The lowest BCUT2D eigenvalue weighted by molar-refractivity contribution is -0.103. The van der Waals surface area contributed by atoms with Crippen LogP contribution in [0.4, 0.5) is 16.3 Å². The van der Waals surface area contributed by atoms with Crippen LogP contribution in [0.25, 0.3) is 22.8 Å². The number of anilines is 2. The second-order valence-corrected chi connectivity index (χ2v) is 11.1. The third-order valence-corrected chi connectivity index (χ3v) is 6.68. The number of aromatic nitrogens is 3. The lowest BCUT2D eigenvalue weighted by Gasteiger charge is -2.24. The molecule has 0 saturated carbocycles. The first kappa shape index (κ1) is 31.7. The van der Waals surface area contributed by atoms with Gasteiger partial charge < -0.3 is 23.6 Å². The van der Waals surface area contributed by atoms with E-state index in [1.165, 1.54) is 6.20 Å². The molecule has 44 heavy (non-hydrogen) atoms. The number of carbonyl (C=O) groups excluding carboxylic acids is 2. The summed E-state index contributed by atoms with van der Waals surface area (Å²) in [6.07, 6.45) is 5.17. The van der Waals surface area contributed by atoms with Crippen molar-refractivity contribution in [2.45, 2.75) is 46.8 Å². The van der Waals surface area contributed by atoms with E-state index in [0.29, 0.717) is 46.5 Å². The highest BCUT2D eigenvalue weighted by Crippen LogP contribution is 2.40. The summed E-state index contributed by atoms with van der Waals surface area (Å²) in [5.74, 6) is 2.21. The summed E-state index contributed by atoms with van der Waals surface area (Å²) in [7, 11) is 5.14. The van der Waals surface area contributed by atoms with Crippen LogP contribution in [0.1, 0.15) is 49.0 Å². The van der Waals surface area contributed by atoms with Gasteiger partial charge in [-0.25, -0.2) is 9.78 Å². The van der Waals surface area contributed by atoms with Gasteiger partial charge in [0.25, 0.3) is 0 Å². The molecule has 3 heterocycles. The smallest absolute Gasteiger partial charge is 0.413 e. The first-order valence-corrected chi connectivity index (χ1v) is 13.9. The van der Waals surface area contributed by atoms with Crippen molar-refractivity contribution in [3.8, 4) is 22.6 Å². The van der Waals surface area contributed by atoms with E-state index < -0.39 is 11.7 Å². The molecule has 0 aliphatic heterocycles. The predicted molar refractivity (Wildman–Crippen MR) is 169 cm³/mol. The number of nitrogens with zero attached hydrogens (tertiary/aromatic N) is 4. The molecule has 0 radical (unpaired) electrons. The molecule has 4 rings (SSSR count). The van der Waals surface area contributed by atoms with Crippen LogP contribution >= 0.6 is 0 Å². The molecule has 1 aromatic carbocycles. The van der Waals surface area contributed by atoms with Gasteiger partial charge in [-0.05, 0) is 76.6 Å². The zero-order valence-electron chi connectivity index (χ0n) is 26.2. The monoisotopic (exact) mass is 599 g/mol. The second-order valence-electron chi connectivity index (χ2n) is 11.1. The minimum absolute atomic E-state index is 0.295. The second kappa shape index (κ2) is 13.4. The van der Waals surface area contributed by atoms with E-state index >= 15 is 0 Å². The highest BCUT2D eigenvalue weighted by molar-refractivity contribution is 6.14. The Morgan fingerprint density at radius 2 is 1.82 bits per heavy atom. The average molecular weight is 600 g/mol. The molecule has 0 aliphatic carbocycles. The third kappa shape index (κ3) is 7.41. The van der Waals surface area contributed by atoms with Gasteiger partial charge in [-0.1, -0.05) is 5.16 Å². The molecule has 11 nitrogen and oxygen atoms in total. The van der Waals surface area contributed by atoms with Crippen LogP contribution in [0.5, 0.6) is 11.5 Å². The van der Waals surface area contributed by atoms with Crippen molar-refractivity contribution in [1.82, 2.24) is 15.1 Å². The number of rotatable bonds is 10. The minimum atomic E-state index is -0.648. The van der Waals surface area contributed by atoms with Gasteiger partial charge in [0.15, 0.2) is 6.29 Å². The maximum absolute atomic E-state index is 12.5. The molecule has 1 N–H and O–H groups in total. The van der Waals surface area contributed by atoms with Crippen molar-refractivity contribution in [2.24, 2.45) is 0 Å². The Bertz CT molecular complexity index is 1650. The van der Waals surface area contributed by atoms with E-state index in [-0.39, 0.29) is 0 Å². The number of pyridine rings is 2. The zero-order chi connectivity index (χ0) is 32.0. The fourth-order valence-corrected chi connectivity index (χ4v) is 4.70. The number of allylic oxidation sites excluding steroid dienone is 1. The van der Waals surface area contributed by atoms with E-state index in [0.717, 1.165) is 34.4 Å². The van der Waals surface area contributed by atoms with E-state index in [1.54, 1.807) is 59.4 Å². The van der Waals surface area contributed by atoms with Gasteiger partial charge in [-0.15, -0.1) is 0 Å². The molecule has 11 heteroatoms. The number of ether oxygens (including phenoxy) is 3. The minimum Gasteiger partial charge on any atom is -0.496 e. The van der Waals surface area contributed by atoms with E-state index in [2.05, 4.69) is 20.4 Å². The standard InChI is InChI=1S/C33H37N5O6/c1-20-31(21(2)44-37-20)25-15-23(27(16-29(25)42-8)38(6)18-26-28(41-7)10-9-13-34-26)14-24(19-39)22-11-12-30(35-17-22)36-32(40)43-33(3,4)5/h9-17,19H,18H2,1-8H3,(H,35,36,40)/b24-14+. The predicted octanol–water partition coefficient (Wildman–Crippen LogP) is 6.49. The SMILES string of the molecule is COc1cc(N(C)Cc2ncccc2OC)c(/C=C(\C=O)c2ccc(NC(=O)OC(C)(C)C)nc2)cc1-c1c(C)noc1C. The summed E-state index contributed by atoms with van der Waals surface area (Å²) in [5.41, 5.74) is 4.83. The summed E-state index contributed by atoms with van der Waals surface area (Å²) in [4.78, 5) is 35.4. The van der Waals surface area contributed by atoms with Gasteiger partial charge >= 0.3 is 6.09 Å². The number of hydrogen-bond acceptors (Lipinski definition) is 10. The summed E-state index contributed by atoms with van der Waals surface area (Å²) in [6.45, 7) is 9.45. The van der Waals surface area contributed by atoms with Crippen molar-refractivity contribution < 1.29 is 28.3 Å². The van der Waals surface area contributed by atoms with Crippen LogP contribution in [-0.2, 0) is 16.1 Å². The van der Waals surface area contributed by atoms with Gasteiger partial charge in [0.2, 0.25) is 0 Å². The zero-order valence-corrected chi connectivity index (χ0v) is 26.2. The number of hydrogen-bond donors (Lipinski definition) is 1. The Hall–Kier alpha value is -5.19. The van der Waals surface area contributed by atoms with Crippen molar-refractivity contribution in [3.05, 3.63) is 77.1 Å². The van der Waals surface area contributed by atoms with Crippen LogP contribution in [0.15, 0.2) is 53.3 Å². The maximum Gasteiger partial charge on any atom is 0.413 e.